The van der Waals surface area contributed by atoms with Crippen LogP contribution in [-0.4, -0.2) is 59.4 Å². The fourth-order valence-corrected chi connectivity index (χ4v) is 3.35. The summed E-state index contributed by atoms with van der Waals surface area (Å²) in [5, 5.41) is 12.4. The fourth-order valence-electron chi connectivity index (χ4n) is 3.35. The molecular weight excluding hydrogens is 280 g/mol. The molecule has 1 atom stereocenters. The van der Waals surface area contributed by atoms with Gasteiger partial charge in [-0.3, -0.25) is 14.5 Å². The monoisotopic (exact) mass is 306 g/mol. The highest BCUT2D eigenvalue weighted by Gasteiger charge is 2.36. The van der Waals surface area contributed by atoms with E-state index in [4.69, 9.17) is 0 Å². The van der Waals surface area contributed by atoms with Gasteiger partial charge in [-0.1, -0.05) is 19.3 Å². The molecule has 122 valence electrons. The van der Waals surface area contributed by atoms with E-state index in [2.05, 4.69) is 16.3 Å². The maximum atomic E-state index is 12.5. The highest BCUT2D eigenvalue weighted by Crippen LogP contribution is 2.27. The number of hydrogen-bond donors (Lipinski definition) is 1. The van der Waals surface area contributed by atoms with Crippen LogP contribution in [0.25, 0.3) is 0 Å². The molecule has 1 aliphatic carbocycles. The minimum Gasteiger partial charge on any atom is -0.340 e. The van der Waals surface area contributed by atoms with E-state index in [-0.39, 0.29) is 17.9 Å². The molecule has 0 radical (unpaired) electrons. The van der Waals surface area contributed by atoms with Crippen LogP contribution in [0.4, 0.5) is 0 Å². The zero-order valence-electron chi connectivity index (χ0n) is 13.6. The van der Waals surface area contributed by atoms with Gasteiger partial charge in [-0.2, -0.15) is 5.26 Å². The largest absolute Gasteiger partial charge is 0.340 e. The van der Waals surface area contributed by atoms with E-state index in [0.29, 0.717) is 26.2 Å². The first kappa shape index (κ1) is 16.8. The first-order valence-electron chi connectivity index (χ1n) is 8.20. The third-order valence-corrected chi connectivity index (χ3v) is 4.97. The average Bonchev–Trinajstić information content (AvgIpc) is 2.55. The van der Waals surface area contributed by atoms with Gasteiger partial charge in [-0.05, 0) is 19.8 Å². The van der Waals surface area contributed by atoms with Crippen LogP contribution in [0.2, 0.25) is 0 Å². The van der Waals surface area contributed by atoms with Crippen molar-refractivity contribution in [2.24, 2.45) is 0 Å². The lowest BCUT2D eigenvalue weighted by Gasteiger charge is -2.39. The Balaban J connectivity index is 1.90. The SMILES string of the molecule is CC(=O)N1CCN(C(C)C(=O)NC2(C#N)CCCCC2)CC1. The third kappa shape index (κ3) is 3.77. The number of nitriles is 1. The van der Waals surface area contributed by atoms with Gasteiger partial charge in [-0.15, -0.1) is 0 Å². The van der Waals surface area contributed by atoms with E-state index in [9.17, 15) is 14.9 Å². The second kappa shape index (κ2) is 7.10. The van der Waals surface area contributed by atoms with Crippen LogP contribution in [0.3, 0.4) is 0 Å². The van der Waals surface area contributed by atoms with Gasteiger partial charge in [0.15, 0.2) is 0 Å². The van der Waals surface area contributed by atoms with Gasteiger partial charge in [-0.25, -0.2) is 0 Å². The Morgan fingerprint density at radius 3 is 2.23 bits per heavy atom. The Bertz CT molecular complexity index is 457. The molecule has 1 heterocycles. The average molecular weight is 306 g/mol. The van der Waals surface area contributed by atoms with Crippen molar-refractivity contribution in [3.05, 3.63) is 0 Å². The Labute approximate surface area is 132 Å². The zero-order chi connectivity index (χ0) is 16.2. The molecule has 0 bridgehead atoms. The molecular formula is C16H26N4O2. The van der Waals surface area contributed by atoms with E-state index in [1.54, 1.807) is 11.8 Å². The summed E-state index contributed by atoms with van der Waals surface area (Å²) in [5.74, 6) is 0.0159. The predicted molar refractivity (Wildman–Crippen MR) is 82.9 cm³/mol. The molecule has 1 aliphatic heterocycles. The second-order valence-electron chi connectivity index (χ2n) is 6.46. The number of nitrogens with zero attached hydrogens (tertiary/aromatic N) is 3. The van der Waals surface area contributed by atoms with Crippen LogP contribution in [0.15, 0.2) is 0 Å². The molecule has 0 spiro atoms. The topological polar surface area (TPSA) is 76.4 Å². The minimum absolute atomic E-state index is 0.0697. The second-order valence-corrected chi connectivity index (χ2v) is 6.46. The maximum absolute atomic E-state index is 12.5. The molecule has 2 aliphatic rings. The lowest BCUT2D eigenvalue weighted by molar-refractivity contribution is -0.132. The summed E-state index contributed by atoms with van der Waals surface area (Å²) in [6.45, 7) is 6.19. The quantitative estimate of drug-likeness (QED) is 0.840. The van der Waals surface area contributed by atoms with Crippen molar-refractivity contribution in [2.75, 3.05) is 26.2 Å². The van der Waals surface area contributed by atoms with Gasteiger partial charge < -0.3 is 10.2 Å². The van der Waals surface area contributed by atoms with Crippen molar-refractivity contribution < 1.29 is 9.59 Å². The standard InChI is InChI=1S/C16H26N4O2/c1-13(19-8-10-20(11-9-19)14(2)21)15(22)18-16(12-17)6-4-3-5-7-16/h13H,3-11H2,1-2H3,(H,18,22). The Morgan fingerprint density at radius 2 is 1.73 bits per heavy atom. The Morgan fingerprint density at radius 1 is 1.14 bits per heavy atom. The summed E-state index contributed by atoms with van der Waals surface area (Å²) >= 11 is 0. The van der Waals surface area contributed by atoms with Crippen molar-refractivity contribution in [3.8, 4) is 6.07 Å². The molecule has 2 rings (SSSR count). The van der Waals surface area contributed by atoms with Gasteiger partial charge >= 0.3 is 0 Å². The van der Waals surface area contributed by atoms with Gasteiger partial charge in [0.2, 0.25) is 11.8 Å². The summed E-state index contributed by atoms with van der Waals surface area (Å²) in [7, 11) is 0. The van der Waals surface area contributed by atoms with Gasteiger partial charge in [0.1, 0.15) is 5.54 Å². The van der Waals surface area contributed by atoms with Crippen LogP contribution < -0.4 is 5.32 Å². The fraction of sp³-hybridized carbons (Fsp3) is 0.812. The molecule has 22 heavy (non-hydrogen) atoms. The van der Waals surface area contributed by atoms with E-state index in [1.165, 1.54) is 0 Å². The first-order chi connectivity index (χ1) is 10.5. The van der Waals surface area contributed by atoms with E-state index in [0.717, 1.165) is 32.1 Å². The molecule has 0 aromatic carbocycles. The van der Waals surface area contributed by atoms with Crippen molar-refractivity contribution in [1.82, 2.24) is 15.1 Å². The predicted octanol–water partition coefficient (Wildman–Crippen LogP) is 0.882. The summed E-state index contributed by atoms with van der Waals surface area (Å²) in [6, 6.07) is 2.06. The minimum atomic E-state index is -0.676. The number of carbonyl (C=O) groups is 2. The first-order valence-corrected chi connectivity index (χ1v) is 8.20. The van der Waals surface area contributed by atoms with Crippen LogP contribution in [0.5, 0.6) is 0 Å². The molecule has 2 fully saturated rings. The molecule has 1 unspecified atom stereocenters. The number of rotatable bonds is 3. The molecule has 1 saturated carbocycles. The van der Waals surface area contributed by atoms with E-state index in [1.807, 2.05) is 6.92 Å². The van der Waals surface area contributed by atoms with Gasteiger partial charge in [0.05, 0.1) is 12.1 Å². The van der Waals surface area contributed by atoms with Crippen molar-refractivity contribution >= 4 is 11.8 Å². The van der Waals surface area contributed by atoms with Crippen LogP contribution in [0.1, 0.15) is 46.0 Å². The number of hydrogen-bond acceptors (Lipinski definition) is 4. The smallest absolute Gasteiger partial charge is 0.238 e. The van der Waals surface area contributed by atoms with E-state index < -0.39 is 5.54 Å². The molecule has 1 saturated heterocycles. The van der Waals surface area contributed by atoms with Crippen molar-refractivity contribution in [3.63, 3.8) is 0 Å². The number of nitrogens with one attached hydrogen (secondary N) is 1. The number of amides is 2. The van der Waals surface area contributed by atoms with Crippen LogP contribution >= 0.6 is 0 Å². The molecule has 1 N–H and O–H groups in total. The molecule has 6 nitrogen and oxygen atoms in total. The lowest BCUT2D eigenvalue weighted by Crippen LogP contribution is -2.58. The molecule has 0 aromatic heterocycles. The lowest BCUT2D eigenvalue weighted by atomic mass is 9.82. The Kier molecular flexibility index (Phi) is 5.41. The highest BCUT2D eigenvalue weighted by molar-refractivity contribution is 5.82. The van der Waals surface area contributed by atoms with Gasteiger partial charge in [0, 0.05) is 33.1 Å². The summed E-state index contributed by atoms with van der Waals surface area (Å²) < 4.78 is 0. The van der Waals surface area contributed by atoms with Crippen LogP contribution in [0, 0.1) is 11.3 Å². The summed E-state index contributed by atoms with van der Waals surface area (Å²) in [6.07, 6.45) is 4.64. The van der Waals surface area contributed by atoms with Crippen LogP contribution in [-0.2, 0) is 9.59 Å². The molecule has 2 amide bonds. The normalized spacial score (nSPS) is 23.4. The number of carbonyl (C=O) groups excluding carboxylic acids is 2. The summed E-state index contributed by atoms with van der Waals surface area (Å²) in [4.78, 5) is 27.7. The summed E-state index contributed by atoms with van der Waals surface area (Å²) in [5.41, 5.74) is -0.676. The molecule has 0 aromatic rings. The molecule has 6 heteroatoms. The van der Waals surface area contributed by atoms with Gasteiger partial charge in [0.25, 0.3) is 0 Å². The zero-order valence-corrected chi connectivity index (χ0v) is 13.6. The third-order valence-electron chi connectivity index (χ3n) is 4.97. The van der Waals surface area contributed by atoms with Crippen molar-refractivity contribution in [2.45, 2.75) is 57.5 Å². The highest BCUT2D eigenvalue weighted by atomic mass is 16.2. The Hall–Kier alpha value is -1.61. The maximum Gasteiger partial charge on any atom is 0.238 e. The van der Waals surface area contributed by atoms with E-state index >= 15 is 0 Å². The number of piperazine rings is 1. The van der Waals surface area contributed by atoms with Crippen molar-refractivity contribution in [1.29, 1.82) is 5.26 Å².